The van der Waals surface area contributed by atoms with Crippen molar-refractivity contribution in [3.05, 3.63) is 12.2 Å². The Bertz CT molecular complexity index is 293. The van der Waals surface area contributed by atoms with E-state index < -0.39 is 0 Å². The van der Waals surface area contributed by atoms with Gasteiger partial charge in [-0.25, -0.2) is 0 Å². The third-order valence-electron chi connectivity index (χ3n) is 4.04. The van der Waals surface area contributed by atoms with E-state index in [2.05, 4.69) is 31.3 Å². The van der Waals surface area contributed by atoms with E-state index in [0.29, 0.717) is 17.9 Å². The molecule has 2 rings (SSSR count). The predicted octanol–water partition coefficient (Wildman–Crippen LogP) is 1.80. The summed E-state index contributed by atoms with van der Waals surface area (Å²) in [5.74, 6) is 1.17. The third kappa shape index (κ3) is 2.89. The molecule has 96 valence electrons. The van der Waals surface area contributed by atoms with E-state index in [1.54, 1.807) is 0 Å². The first-order chi connectivity index (χ1) is 8.20. The summed E-state index contributed by atoms with van der Waals surface area (Å²) in [6, 6.07) is 0.314. The van der Waals surface area contributed by atoms with Crippen molar-refractivity contribution in [2.75, 3.05) is 19.6 Å². The second kappa shape index (κ2) is 5.67. The van der Waals surface area contributed by atoms with Crippen LogP contribution in [0.4, 0.5) is 0 Å². The summed E-state index contributed by atoms with van der Waals surface area (Å²) in [5.41, 5.74) is 0. The van der Waals surface area contributed by atoms with Crippen LogP contribution in [0.15, 0.2) is 12.2 Å². The van der Waals surface area contributed by atoms with Gasteiger partial charge in [0.15, 0.2) is 0 Å². The summed E-state index contributed by atoms with van der Waals surface area (Å²) in [7, 11) is 0. The maximum Gasteiger partial charge on any atom is 0.226 e. The first kappa shape index (κ1) is 12.6. The largest absolute Gasteiger partial charge is 0.336 e. The number of nitrogens with zero attached hydrogens (tertiary/aromatic N) is 1. The predicted molar refractivity (Wildman–Crippen MR) is 69.7 cm³/mol. The van der Waals surface area contributed by atoms with Crippen LogP contribution in [0.1, 0.15) is 33.1 Å². The average Bonchev–Trinajstić information content (AvgIpc) is 2.52. The van der Waals surface area contributed by atoms with E-state index >= 15 is 0 Å². The highest BCUT2D eigenvalue weighted by molar-refractivity contribution is 5.80. The molecular weight excluding hydrogens is 212 g/mol. The minimum Gasteiger partial charge on any atom is -0.336 e. The lowest BCUT2D eigenvalue weighted by Gasteiger charge is -2.33. The minimum absolute atomic E-state index is 0.221. The van der Waals surface area contributed by atoms with Crippen LogP contribution in [0, 0.1) is 11.8 Å². The Kier molecular flexibility index (Phi) is 4.21. The molecule has 17 heavy (non-hydrogen) atoms. The Labute approximate surface area is 104 Å². The van der Waals surface area contributed by atoms with Crippen molar-refractivity contribution >= 4 is 5.91 Å². The van der Waals surface area contributed by atoms with Crippen LogP contribution in [0.25, 0.3) is 0 Å². The molecule has 3 nitrogen and oxygen atoms in total. The van der Waals surface area contributed by atoms with Gasteiger partial charge in [0, 0.05) is 18.5 Å². The fraction of sp³-hybridized carbons (Fsp3) is 0.786. The van der Waals surface area contributed by atoms with Gasteiger partial charge >= 0.3 is 0 Å². The first-order valence-electron chi connectivity index (χ1n) is 6.86. The molecule has 3 heteroatoms. The van der Waals surface area contributed by atoms with E-state index in [9.17, 15) is 4.79 Å². The lowest BCUT2D eigenvalue weighted by Crippen LogP contribution is -2.44. The summed E-state index contributed by atoms with van der Waals surface area (Å²) in [4.78, 5) is 14.6. The van der Waals surface area contributed by atoms with Crippen molar-refractivity contribution in [3.63, 3.8) is 0 Å². The molecule has 2 heterocycles. The number of nitrogens with one attached hydrogen (secondary N) is 1. The zero-order valence-electron chi connectivity index (χ0n) is 11.0. The summed E-state index contributed by atoms with van der Waals surface area (Å²) in [6.45, 7) is 7.14. The van der Waals surface area contributed by atoms with Gasteiger partial charge in [0.25, 0.3) is 0 Å². The van der Waals surface area contributed by atoms with Gasteiger partial charge < -0.3 is 10.2 Å². The van der Waals surface area contributed by atoms with Crippen molar-refractivity contribution < 1.29 is 4.79 Å². The highest BCUT2D eigenvalue weighted by Gasteiger charge is 2.33. The van der Waals surface area contributed by atoms with Gasteiger partial charge in [0.05, 0.1) is 0 Å². The van der Waals surface area contributed by atoms with Crippen molar-refractivity contribution in [1.29, 1.82) is 0 Å². The Balaban J connectivity index is 2.08. The smallest absolute Gasteiger partial charge is 0.226 e. The van der Waals surface area contributed by atoms with Crippen molar-refractivity contribution in [2.45, 2.75) is 39.2 Å². The van der Waals surface area contributed by atoms with Crippen LogP contribution < -0.4 is 5.32 Å². The monoisotopic (exact) mass is 236 g/mol. The molecule has 0 spiro atoms. The molecule has 2 aliphatic heterocycles. The highest BCUT2D eigenvalue weighted by atomic mass is 16.2. The van der Waals surface area contributed by atoms with Gasteiger partial charge in [-0.1, -0.05) is 12.2 Å². The van der Waals surface area contributed by atoms with Gasteiger partial charge in [-0.05, 0) is 52.1 Å². The highest BCUT2D eigenvalue weighted by Crippen LogP contribution is 2.29. The Hall–Kier alpha value is -0.830. The van der Waals surface area contributed by atoms with E-state index in [1.807, 2.05) is 4.90 Å². The fourth-order valence-corrected chi connectivity index (χ4v) is 2.94. The average molecular weight is 236 g/mol. The molecule has 1 saturated heterocycles. The maximum atomic E-state index is 12.6. The molecule has 0 bridgehead atoms. The molecule has 1 atom stereocenters. The van der Waals surface area contributed by atoms with Crippen molar-refractivity contribution in [2.24, 2.45) is 11.8 Å². The molecule has 1 N–H and O–H groups in total. The number of carbonyl (C=O) groups excluding carboxylic acids is 1. The molecule has 0 unspecified atom stereocenters. The summed E-state index contributed by atoms with van der Waals surface area (Å²) < 4.78 is 0. The van der Waals surface area contributed by atoms with Crippen LogP contribution in [0.5, 0.6) is 0 Å². The molecule has 0 aromatic carbocycles. The normalized spacial score (nSPS) is 27.6. The molecular formula is C14H24N2O. The number of allylic oxidation sites excluding steroid dienone is 1. The molecule has 0 aliphatic carbocycles. The van der Waals surface area contributed by atoms with Gasteiger partial charge in [0.1, 0.15) is 0 Å². The summed E-state index contributed by atoms with van der Waals surface area (Å²) >= 11 is 0. The zero-order chi connectivity index (χ0) is 12.3. The number of piperidine rings is 1. The fourth-order valence-electron chi connectivity index (χ4n) is 2.94. The maximum absolute atomic E-state index is 12.6. The standard InChI is InChI=1S/C14H24N2O/c1-11(2)16-10-4-3-5-13(14(16)17)12-6-8-15-9-7-12/h3-4,11-13,15H,5-10H2,1-2H3/t13-/m1/s1. The van der Waals surface area contributed by atoms with Gasteiger partial charge in [-0.15, -0.1) is 0 Å². The second-order valence-corrected chi connectivity index (χ2v) is 5.49. The molecule has 0 aromatic heterocycles. The molecule has 1 amide bonds. The quantitative estimate of drug-likeness (QED) is 0.742. The van der Waals surface area contributed by atoms with Crippen LogP contribution in [-0.4, -0.2) is 36.5 Å². The summed E-state index contributed by atoms with van der Waals surface area (Å²) in [5, 5.41) is 3.38. The van der Waals surface area contributed by atoms with E-state index in [4.69, 9.17) is 0 Å². The number of rotatable bonds is 2. The third-order valence-corrected chi connectivity index (χ3v) is 4.04. The SMILES string of the molecule is CC(C)N1CC=CC[C@H](C2CCNCC2)C1=O. The van der Waals surface area contributed by atoms with Crippen molar-refractivity contribution in [3.8, 4) is 0 Å². The first-order valence-corrected chi connectivity index (χ1v) is 6.86. The van der Waals surface area contributed by atoms with Gasteiger partial charge in [-0.2, -0.15) is 0 Å². The molecule has 1 fully saturated rings. The van der Waals surface area contributed by atoms with E-state index in [-0.39, 0.29) is 5.92 Å². The Morgan fingerprint density at radius 3 is 2.65 bits per heavy atom. The number of hydrogen-bond donors (Lipinski definition) is 1. The lowest BCUT2D eigenvalue weighted by molar-refractivity contribution is -0.138. The molecule has 0 aromatic rings. The van der Waals surface area contributed by atoms with Crippen LogP contribution in [0.3, 0.4) is 0 Å². The topological polar surface area (TPSA) is 32.3 Å². The summed E-state index contributed by atoms with van der Waals surface area (Å²) in [6.07, 6.45) is 7.59. The number of carbonyl (C=O) groups is 1. The Morgan fingerprint density at radius 1 is 1.29 bits per heavy atom. The number of hydrogen-bond acceptors (Lipinski definition) is 2. The Morgan fingerprint density at radius 2 is 2.00 bits per heavy atom. The van der Waals surface area contributed by atoms with Crippen LogP contribution >= 0.6 is 0 Å². The lowest BCUT2D eigenvalue weighted by atomic mass is 9.82. The number of amides is 1. The van der Waals surface area contributed by atoms with Crippen LogP contribution in [0.2, 0.25) is 0 Å². The van der Waals surface area contributed by atoms with Gasteiger partial charge in [0.2, 0.25) is 5.91 Å². The zero-order valence-corrected chi connectivity index (χ0v) is 11.0. The van der Waals surface area contributed by atoms with Crippen LogP contribution in [-0.2, 0) is 4.79 Å². The van der Waals surface area contributed by atoms with E-state index in [1.165, 1.54) is 0 Å². The minimum atomic E-state index is 0.221. The van der Waals surface area contributed by atoms with Crippen molar-refractivity contribution in [1.82, 2.24) is 10.2 Å². The van der Waals surface area contributed by atoms with E-state index in [0.717, 1.165) is 38.9 Å². The van der Waals surface area contributed by atoms with Gasteiger partial charge in [-0.3, -0.25) is 4.79 Å². The molecule has 0 radical (unpaired) electrons. The second-order valence-electron chi connectivity index (χ2n) is 5.49. The molecule has 0 saturated carbocycles. The molecule has 2 aliphatic rings.